The second-order valence-corrected chi connectivity index (χ2v) is 24.9. The Bertz CT molecular complexity index is 4350. The second kappa shape index (κ2) is 15.1. The predicted octanol–water partition coefficient (Wildman–Crippen LogP) is 20.7. The average molecular weight is 986 g/mol. The van der Waals surface area contributed by atoms with Crippen molar-refractivity contribution in [2.75, 3.05) is 4.90 Å². The van der Waals surface area contributed by atoms with Gasteiger partial charge in [0.2, 0.25) is 0 Å². The van der Waals surface area contributed by atoms with Gasteiger partial charge >= 0.3 is 0 Å². The van der Waals surface area contributed by atoms with E-state index in [0.29, 0.717) is 0 Å². The van der Waals surface area contributed by atoms with Crippen molar-refractivity contribution in [3.05, 3.63) is 257 Å². The van der Waals surface area contributed by atoms with Crippen LogP contribution in [0.25, 0.3) is 98.7 Å². The van der Waals surface area contributed by atoms with E-state index in [9.17, 15) is 0 Å². The van der Waals surface area contributed by atoms with Gasteiger partial charge in [-0.2, -0.15) is 0 Å². The summed E-state index contributed by atoms with van der Waals surface area (Å²) in [4.78, 5) is 2.47. The summed E-state index contributed by atoms with van der Waals surface area (Å²) in [5.41, 5.74) is 27.7. The molecule has 4 aliphatic carbocycles. The zero-order chi connectivity index (χ0) is 52.1. The van der Waals surface area contributed by atoms with Crippen LogP contribution in [0.1, 0.15) is 99.9 Å². The largest absolute Gasteiger partial charge is 0.310 e. The lowest BCUT2D eigenvalue weighted by Crippen LogP contribution is -2.17. The van der Waals surface area contributed by atoms with Gasteiger partial charge in [-0.25, -0.2) is 0 Å². The van der Waals surface area contributed by atoms with Crippen LogP contribution in [0.3, 0.4) is 0 Å². The van der Waals surface area contributed by atoms with Crippen LogP contribution in [0.15, 0.2) is 212 Å². The molecule has 4 aliphatic rings. The molecule has 0 heterocycles. The van der Waals surface area contributed by atoms with Crippen LogP contribution in [0, 0.1) is 0 Å². The van der Waals surface area contributed by atoms with Crippen molar-refractivity contribution in [3.8, 4) is 55.6 Å². The van der Waals surface area contributed by atoms with Crippen LogP contribution >= 0.6 is 0 Å². The van der Waals surface area contributed by atoms with Crippen molar-refractivity contribution in [1.29, 1.82) is 0 Å². The van der Waals surface area contributed by atoms with Gasteiger partial charge < -0.3 is 4.90 Å². The molecule has 0 unspecified atom stereocenters. The number of hydrogen-bond donors (Lipinski definition) is 0. The quantitative estimate of drug-likeness (QED) is 0.170. The molecular formula is C76H59N. The minimum absolute atomic E-state index is 0.102. The first-order valence-electron chi connectivity index (χ1n) is 27.7. The lowest BCUT2D eigenvalue weighted by Gasteiger charge is -2.27. The smallest absolute Gasteiger partial charge is 0.0468 e. The van der Waals surface area contributed by atoms with Gasteiger partial charge in [-0.3, -0.25) is 0 Å². The van der Waals surface area contributed by atoms with Gasteiger partial charge in [-0.15, -0.1) is 0 Å². The second-order valence-electron chi connectivity index (χ2n) is 24.9. The van der Waals surface area contributed by atoms with Crippen LogP contribution in [-0.2, 0) is 21.7 Å². The van der Waals surface area contributed by atoms with Gasteiger partial charge in [0.15, 0.2) is 0 Å². The van der Waals surface area contributed by atoms with Crippen molar-refractivity contribution < 1.29 is 0 Å². The molecule has 0 amide bonds. The van der Waals surface area contributed by atoms with Crippen LogP contribution in [-0.4, -0.2) is 0 Å². The molecule has 16 rings (SSSR count). The highest BCUT2D eigenvalue weighted by atomic mass is 15.1. The summed E-state index contributed by atoms with van der Waals surface area (Å²) in [6.07, 6.45) is 0. The number of anilines is 3. The molecule has 1 heteroatoms. The van der Waals surface area contributed by atoms with Crippen molar-refractivity contribution in [3.63, 3.8) is 0 Å². The SMILES string of the molecule is CC1(C)c2cc3ccccc3cc2-c2c1ccc1c2-c2cc3ccc(N(c4ccc(-c5ccccc5)cc4)c4ccc5cc6c(cc5c4)C(C)(C)c4ccc5c(c4-6)-c4cc6ccccc6cc4C5(C)C)cc3cc2C1(C)C. The van der Waals surface area contributed by atoms with Crippen molar-refractivity contribution in [1.82, 2.24) is 0 Å². The zero-order valence-electron chi connectivity index (χ0n) is 45.2. The Morgan fingerprint density at radius 3 is 0.870 bits per heavy atom. The molecule has 12 aromatic carbocycles. The zero-order valence-corrected chi connectivity index (χ0v) is 45.2. The van der Waals surface area contributed by atoms with E-state index in [-0.39, 0.29) is 21.7 Å². The number of hydrogen-bond acceptors (Lipinski definition) is 1. The van der Waals surface area contributed by atoms with Gasteiger partial charge in [0.25, 0.3) is 0 Å². The molecule has 77 heavy (non-hydrogen) atoms. The fourth-order valence-corrected chi connectivity index (χ4v) is 15.1. The molecule has 12 aromatic rings. The lowest BCUT2D eigenvalue weighted by molar-refractivity contribution is 0.651. The van der Waals surface area contributed by atoms with Gasteiger partial charge in [0.05, 0.1) is 0 Å². The molecule has 0 bridgehead atoms. The standard InChI is InChI=1S/C76H59N/c1-73(2)61-30-32-63-71(69(61)57-36-46-18-12-14-20-48(46)40-65(57)73)59-38-50-24-28-55(34-52(50)42-67(59)75(63,5)6)77(54-26-22-45(23-27-54)44-16-10-9-11-17-44)56-29-25-51-39-60-68(43-53(51)35-56)76(7,8)64-33-31-62-70(72(60)64)58-37-47-19-13-15-21-49(47)41-66(58)74(62,3)4/h9-43H,1-8H3. The fraction of sp³-hybridized carbons (Fsp3) is 0.158. The molecule has 0 fully saturated rings. The summed E-state index contributed by atoms with van der Waals surface area (Å²) < 4.78 is 0. The summed E-state index contributed by atoms with van der Waals surface area (Å²) in [5.74, 6) is 0. The molecule has 368 valence electrons. The third-order valence-corrected chi connectivity index (χ3v) is 19.3. The van der Waals surface area contributed by atoms with Crippen molar-refractivity contribution in [2.45, 2.75) is 77.0 Å². The molecule has 0 spiro atoms. The Hall–Kier alpha value is -8.52. The fourth-order valence-electron chi connectivity index (χ4n) is 15.1. The Morgan fingerprint density at radius 2 is 0.506 bits per heavy atom. The van der Waals surface area contributed by atoms with E-state index in [2.05, 4.69) is 273 Å². The first kappa shape index (κ1) is 44.7. The van der Waals surface area contributed by atoms with E-state index in [0.717, 1.165) is 17.1 Å². The maximum absolute atomic E-state index is 2.51. The molecule has 0 saturated heterocycles. The Kier molecular flexibility index (Phi) is 8.78. The van der Waals surface area contributed by atoms with E-state index >= 15 is 0 Å². The monoisotopic (exact) mass is 985 g/mol. The van der Waals surface area contributed by atoms with Crippen molar-refractivity contribution in [2.24, 2.45) is 0 Å². The average Bonchev–Trinajstić information content (AvgIpc) is 4.05. The number of benzene rings is 12. The molecular weight excluding hydrogens is 927 g/mol. The van der Waals surface area contributed by atoms with Gasteiger partial charge in [0.1, 0.15) is 0 Å². The van der Waals surface area contributed by atoms with E-state index in [1.807, 2.05) is 0 Å². The van der Waals surface area contributed by atoms with Gasteiger partial charge in [-0.1, -0.05) is 183 Å². The van der Waals surface area contributed by atoms with Crippen LogP contribution in [0.2, 0.25) is 0 Å². The Labute approximate surface area is 452 Å². The normalized spacial score (nSPS) is 15.9. The van der Waals surface area contributed by atoms with Crippen LogP contribution in [0.4, 0.5) is 17.1 Å². The number of rotatable bonds is 4. The minimum Gasteiger partial charge on any atom is -0.310 e. The third kappa shape index (κ3) is 6.01. The Balaban J connectivity index is 0.847. The third-order valence-electron chi connectivity index (χ3n) is 19.3. The maximum Gasteiger partial charge on any atom is 0.0468 e. The van der Waals surface area contributed by atoms with E-state index in [1.165, 1.54) is 143 Å². The number of nitrogens with zero attached hydrogens (tertiary/aromatic N) is 1. The number of fused-ring (bicyclic) bond motifs is 18. The highest BCUT2D eigenvalue weighted by Gasteiger charge is 2.46. The molecule has 0 atom stereocenters. The molecule has 0 aliphatic heterocycles. The molecule has 1 nitrogen and oxygen atoms in total. The molecule has 0 aromatic heterocycles. The Morgan fingerprint density at radius 1 is 0.221 bits per heavy atom. The topological polar surface area (TPSA) is 3.24 Å². The first-order chi connectivity index (χ1) is 37.2. The highest BCUT2D eigenvalue weighted by molar-refractivity contribution is 6.07. The van der Waals surface area contributed by atoms with Crippen LogP contribution in [0.5, 0.6) is 0 Å². The predicted molar refractivity (Wildman–Crippen MR) is 327 cm³/mol. The van der Waals surface area contributed by atoms with E-state index in [4.69, 9.17) is 0 Å². The van der Waals surface area contributed by atoms with Gasteiger partial charge in [0, 0.05) is 38.7 Å². The maximum atomic E-state index is 2.51. The van der Waals surface area contributed by atoms with E-state index < -0.39 is 0 Å². The highest BCUT2D eigenvalue weighted by Crippen LogP contribution is 2.62. The first-order valence-corrected chi connectivity index (χ1v) is 27.7. The lowest BCUT2D eigenvalue weighted by atomic mass is 9.79. The van der Waals surface area contributed by atoms with Crippen LogP contribution < -0.4 is 4.90 Å². The molecule has 0 saturated carbocycles. The summed E-state index contributed by atoms with van der Waals surface area (Å²) in [5, 5.41) is 10.2. The summed E-state index contributed by atoms with van der Waals surface area (Å²) in [6.45, 7) is 19.4. The van der Waals surface area contributed by atoms with Crippen molar-refractivity contribution >= 4 is 60.2 Å². The minimum atomic E-state index is -0.180. The molecule has 0 radical (unpaired) electrons. The van der Waals surface area contributed by atoms with Gasteiger partial charge in [-0.05, 0) is 228 Å². The summed E-state index contributed by atoms with van der Waals surface area (Å²) >= 11 is 0. The summed E-state index contributed by atoms with van der Waals surface area (Å²) in [7, 11) is 0. The molecule has 0 N–H and O–H groups in total. The van der Waals surface area contributed by atoms with E-state index in [1.54, 1.807) is 0 Å². The summed E-state index contributed by atoms with van der Waals surface area (Å²) in [6, 6.07) is 81.5.